The van der Waals surface area contributed by atoms with Gasteiger partial charge in [-0.1, -0.05) is 27.7 Å². The Morgan fingerprint density at radius 1 is 0.944 bits per heavy atom. The molecule has 2 aromatic rings. The monoisotopic (exact) mass is 663 g/mol. The number of halogens is 3. The van der Waals surface area contributed by atoms with Crippen LogP contribution in [0, 0.1) is 11.6 Å². The van der Waals surface area contributed by atoms with Crippen molar-refractivity contribution < 1.29 is 79.2 Å². The summed E-state index contributed by atoms with van der Waals surface area (Å²) >= 11 is 13.5. The summed E-state index contributed by atoms with van der Waals surface area (Å²) in [4.78, 5) is 23.0. The molecular weight excluding hydrogens is 638 g/mol. The van der Waals surface area contributed by atoms with Crippen LogP contribution >= 0.6 is 52.1 Å². The Labute approximate surface area is 285 Å². The van der Waals surface area contributed by atoms with Crippen molar-refractivity contribution in [1.29, 1.82) is 0 Å². The molecule has 12 heteroatoms. The van der Waals surface area contributed by atoms with E-state index in [0.29, 0.717) is 28.7 Å². The second kappa shape index (κ2) is 24.3. The molecule has 0 radical (unpaired) electrons. The number of hydrogen-bond acceptors (Lipinski definition) is 8. The molecule has 0 aliphatic carbocycles. The molecule has 2 rings (SSSR count). The first kappa shape index (κ1) is 40.7. The molecule has 0 bridgehead atoms. The van der Waals surface area contributed by atoms with Crippen molar-refractivity contribution in [2.24, 2.45) is 0 Å². The molecule has 0 heterocycles. The topological polar surface area (TPSA) is 52.6 Å². The molecule has 4 nitrogen and oxygen atoms in total. The van der Waals surface area contributed by atoms with E-state index in [9.17, 15) is 18.4 Å². The zero-order chi connectivity index (χ0) is 26.1. The SMILES string of the molecule is CC(Br)C(=O)c1ccc(F)cc1.CCOC(=S)SC(C)C(=O)c1ccc(F)cc1.CCO[C-]=S.[K+].[SH-]. The summed E-state index contributed by atoms with van der Waals surface area (Å²) in [5.74, 6) is -0.799. The number of hydrogen-bond donors (Lipinski definition) is 0. The van der Waals surface area contributed by atoms with Crippen LogP contribution in [0.2, 0.25) is 0 Å². The molecule has 0 N–H and O–H groups in total. The minimum absolute atomic E-state index is 0. The van der Waals surface area contributed by atoms with E-state index in [4.69, 9.17) is 17.0 Å². The molecule has 0 aliphatic heterocycles. The molecule has 0 saturated carbocycles. The Balaban J connectivity index is -0.000000503. The number of thioether (sulfide) groups is 1. The Morgan fingerprint density at radius 2 is 1.36 bits per heavy atom. The fraction of sp³-hybridized carbons (Fsp3) is 0.333. The van der Waals surface area contributed by atoms with Gasteiger partial charge in [-0.25, -0.2) is 14.3 Å². The van der Waals surface area contributed by atoms with Crippen LogP contribution in [0.3, 0.4) is 0 Å². The van der Waals surface area contributed by atoms with E-state index >= 15 is 0 Å². The fourth-order valence-corrected chi connectivity index (χ4v) is 3.75. The zero-order valence-electron chi connectivity index (χ0n) is 20.6. The molecule has 2 aromatic carbocycles. The molecule has 2 unspecified atom stereocenters. The third-order valence-electron chi connectivity index (χ3n) is 3.73. The van der Waals surface area contributed by atoms with Gasteiger partial charge >= 0.3 is 51.4 Å². The van der Waals surface area contributed by atoms with Gasteiger partial charge < -0.3 is 35.2 Å². The van der Waals surface area contributed by atoms with Gasteiger partial charge in [0.05, 0.1) is 16.7 Å². The van der Waals surface area contributed by atoms with E-state index in [1.165, 1.54) is 60.3 Å². The van der Waals surface area contributed by atoms with Crippen LogP contribution in [-0.4, -0.2) is 44.8 Å². The van der Waals surface area contributed by atoms with Crippen molar-refractivity contribution in [3.05, 3.63) is 71.3 Å². The van der Waals surface area contributed by atoms with E-state index in [1.54, 1.807) is 13.8 Å². The third kappa shape index (κ3) is 18.5. The summed E-state index contributed by atoms with van der Waals surface area (Å²) in [5, 5.41) is -0.334. The normalized spacial score (nSPS) is 10.8. The van der Waals surface area contributed by atoms with Crippen LogP contribution < -0.4 is 51.4 Å². The van der Waals surface area contributed by atoms with Gasteiger partial charge in [0, 0.05) is 17.7 Å². The summed E-state index contributed by atoms with van der Waals surface area (Å²) in [7, 11) is 0. The average Bonchev–Trinajstić information content (AvgIpc) is 2.80. The zero-order valence-corrected chi connectivity index (χ0v) is 28.7. The third-order valence-corrected chi connectivity index (χ3v) is 5.54. The van der Waals surface area contributed by atoms with E-state index in [-0.39, 0.29) is 98.2 Å². The standard InChI is InChI=1S/C12H13FO2S2.C9H8BrFO.C3H5OS.K.H2S/c1-3-15-12(16)17-8(2)11(14)9-4-6-10(13)7-5-9;1-6(10)9(12)7-2-4-8(11)5-3-7;1-2-4-3-5;;/h4-8H,3H2,1-2H3;2-6H,1H3;2H2,1H3;;1H2/q;;-1;+1;/p-1. The summed E-state index contributed by atoms with van der Waals surface area (Å²) in [6.45, 7) is 8.30. The van der Waals surface area contributed by atoms with Gasteiger partial charge in [0.2, 0.25) is 4.38 Å². The van der Waals surface area contributed by atoms with Crippen molar-refractivity contribution in [2.45, 2.75) is 37.8 Å². The average molecular weight is 665 g/mol. The Bertz CT molecular complexity index is 917. The van der Waals surface area contributed by atoms with Crippen LogP contribution in [0.5, 0.6) is 0 Å². The minimum Gasteiger partial charge on any atom is -0.813 e. The molecule has 36 heavy (non-hydrogen) atoms. The smallest absolute Gasteiger partial charge is 0.813 e. The Kier molecular flexibility index (Phi) is 27.5. The van der Waals surface area contributed by atoms with Crippen molar-refractivity contribution in [3.8, 4) is 0 Å². The molecule has 0 aromatic heterocycles. The molecular formula is C24H27BrF2KO4S4-. The summed E-state index contributed by atoms with van der Waals surface area (Å²) < 4.78 is 35.0. The van der Waals surface area contributed by atoms with Gasteiger partial charge in [-0.15, -0.1) is 0 Å². The first-order valence-corrected chi connectivity index (χ1v) is 12.7. The maximum atomic E-state index is 12.7. The molecule has 0 amide bonds. The van der Waals surface area contributed by atoms with Gasteiger partial charge in [0.15, 0.2) is 11.6 Å². The number of ketones is 2. The van der Waals surface area contributed by atoms with Crippen LogP contribution in [0.25, 0.3) is 0 Å². The van der Waals surface area contributed by atoms with Gasteiger partial charge in [0.25, 0.3) is 0 Å². The molecule has 0 spiro atoms. The molecule has 194 valence electrons. The maximum absolute atomic E-state index is 12.7. The molecule has 0 fully saturated rings. The molecule has 2 atom stereocenters. The predicted molar refractivity (Wildman–Crippen MR) is 154 cm³/mol. The van der Waals surface area contributed by atoms with Gasteiger partial charge in [-0.3, -0.25) is 9.59 Å². The van der Waals surface area contributed by atoms with E-state index < -0.39 is 0 Å². The predicted octanol–water partition coefficient (Wildman–Crippen LogP) is 3.83. The van der Waals surface area contributed by atoms with Crippen molar-refractivity contribution >= 4 is 87.1 Å². The van der Waals surface area contributed by atoms with Crippen LogP contribution in [0.4, 0.5) is 8.78 Å². The van der Waals surface area contributed by atoms with Crippen molar-refractivity contribution in [2.75, 3.05) is 13.2 Å². The number of thiol groups is 1. The van der Waals surface area contributed by atoms with Crippen LogP contribution in [0.15, 0.2) is 48.5 Å². The minimum atomic E-state index is -0.355. The van der Waals surface area contributed by atoms with Crippen LogP contribution in [-0.2, 0) is 23.0 Å². The van der Waals surface area contributed by atoms with E-state index in [2.05, 4.69) is 38.4 Å². The largest absolute Gasteiger partial charge is 1.00 e. The molecule has 0 aliphatic rings. The quantitative estimate of drug-likeness (QED) is 0.0804. The van der Waals surface area contributed by atoms with Crippen molar-refractivity contribution in [1.82, 2.24) is 0 Å². The van der Waals surface area contributed by atoms with Gasteiger partial charge in [-0.2, -0.15) is 0 Å². The number of ether oxygens (including phenoxy) is 2. The number of thiocarbonyl (C=S) groups is 2. The number of Topliss-reactive ketones (excluding diaryl/α,β-unsaturated/α-hetero) is 2. The second-order valence-electron chi connectivity index (χ2n) is 6.32. The first-order valence-electron chi connectivity index (χ1n) is 10.1. The van der Waals surface area contributed by atoms with Gasteiger partial charge in [0.1, 0.15) is 11.6 Å². The summed E-state index contributed by atoms with van der Waals surface area (Å²) in [6, 6.07) is 11.0. The summed E-state index contributed by atoms with van der Waals surface area (Å²) in [6.07, 6.45) is 0. The maximum Gasteiger partial charge on any atom is 1.00 e. The number of carbonyl (C=O) groups excluding carboxylic acids is 2. The number of rotatable bonds is 8. The number of benzene rings is 2. The van der Waals surface area contributed by atoms with Crippen molar-refractivity contribution in [3.63, 3.8) is 0 Å². The summed E-state index contributed by atoms with van der Waals surface area (Å²) in [5.41, 5.74) is 3.11. The fourth-order valence-electron chi connectivity index (χ4n) is 2.10. The Morgan fingerprint density at radius 3 is 1.67 bits per heavy atom. The Hall–Kier alpha value is 0.236. The van der Waals surface area contributed by atoms with Crippen LogP contribution in [0.1, 0.15) is 48.4 Å². The molecule has 0 saturated heterocycles. The van der Waals surface area contributed by atoms with Gasteiger partial charge in [-0.05, 0) is 88.4 Å². The first-order chi connectivity index (χ1) is 16.1. The second-order valence-corrected chi connectivity index (χ2v) is 9.80. The van der Waals surface area contributed by atoms with E-state index in [1.807, 2.05) is 13.8 Å². The van der Waals surface area contributed by atoms with E-state index in [0.717, 1.165) is 0 Å². The number of alkyl halides is 1. The number of carbonyl (C=O) groups is 2.